The van der Waals surface area contributed by atoms with Gasteiger partial charge in [0.1, 0.15) is 0 Å². The average molecular weight is 242 g/mol. The van der Waals surface area contributed by atoms with Crippen LogP contribution in [-0.4, -0.2) is 24.7 Å². The Morgan fingerprint density at radius 1 is 1.39 bits per heavy atom. The van der Waals surface area contributed by atoms with Crippen LogP contribution in [0.5, 0.6) is 0 Å². The van der Waals surface area contributed by atoms with Crippen molar-refractivity contribution in [1.82, 2.24) is 4.98 Å². The van der Waals surface area contributed by atoms with Gasteiger partial charge in [0, 0.05) is 36.3 Å². The quantitative estimate of drug-likeness (QED) is 0.898. The summed E-state index contributed by atoms with van der Waals surface area (Å²) in [6.07, 6.45) is 3.01. The van der Waals surface area contributed by atoms with Crippen molar-refractivity contribution in [2.75, 3.05) is 25.1 Å². The Bertz CT molecular complexity index is 547. The fourth-order valence-electron chi connectivity index (χ4n) is 2.47. The summed E-state index contributed by atoms with van der Waals surface area (Å²) < 4.78 is 5.40. The number of pyridine rings is 1. The van der Waals surface area contributed by atoms with Gasteiger partial charge in [0.15, 0.2) is 0 Å². The first kappa shape index (κ1) is 11.5. The van der Waals surface area contributed by atoms with Crippen molar-refractivity contribution >= 4 is 16.6 Å². The maximum absolute atomic E-state index is 5.40. The molecule has 1 aromatic heterocycles. The van der Waals surface area contributed by atoms with Gasteiger partial charge in [-0.1, -0.05) is 6.07 Å². The van der Waals surface area contributed by atoms with Gasteiger partial charge in [0.25, 0.3) is 0 Å². The number of ether oxygens (including phenoxy) is 1. The third-order valence-electron chi connectivity index (χ3n) is 3.58. The van der Waals surface area contributed by atoms with Crippen LogP contribution in [0, 0.1) is 12.8 Å². The first-order valence-electron chi connectivity index (χ1n) is 6.50. The lowest BCUT2D eigenvalue weighted by Gasteiger charge is -2.13. The number of benzene rings is 1. The third kappa shape index (κ3) is 2.18. The van der Waals surface area contributed by atoms with Crippen LogP contribution < -0.4 is 5.32 Å². The van der Waals surface area contributed by atoms with Gasteiger partial charge in [-0.15, -0.1) is 0 Å². The van der Waals surface area contributed by atoms with Gasteiger partial charge < -0.3 is 10.1 Å². The normalized spacial score (nSPS) is 19.3. The molecule has 3 nitrogen and oxygen atoms in total. The Balaban J connectivity index is 1.85. The molecule has 0 aliphatic carbocycles. The largest absolute Gasteiger partial charge is 0.384 e. The lowest BCUT2D eigenvalue weighted by molar-refractivity contribution is 0.187. The number of hydrogen-bond donors (Lipinski definition) is 1. The van der Waals surface area contributed by atoms with E-state index in [0.29, 0.717) is 5.92 Å². The highest BCUT2D eigenvalue weighted by Crippen LogP contribution is 2.25. The molecule has 0 saturated carbocycles. The molecule has 0 amide bonds. The molecule has 1 N–H and O–H groups in total. The Kier molecular flexibility index (Phi) is 3.15. The number of nitrogens with zero attached hydrogens (tertiary/aromatic N) is 1. The molecule has 1 aliphatic rings. The van der Waals surface area contributed by atoms with Gasteiger partial charge >= 0.3 is 0 Å². The number of aromatic nitrogens is 1. The van der Waals surface area contributed by atoms with Crippen LogP contribution >= 0.6 is 0 Å². The van der Waals surface area contributed by atoms with Gasteiger partial charge in [0.05, 0.1) is 12.1 Å². The number of rotatable bonds is 3. The van der Waals surface area contributed by atoms with Crippen LogP contribution in [0.15, 0.2) is 30.5 Å². The van der Waals surface area contributed by atoms with Crippen LogP contribution in [0.1, 0.15) is 12.0 Å². The minimum atomic E-state index is 0.637. The van der Waals surface area contributed by atoms with Gasteiger partial charge in [-0.3, -0.25) is 4.98 Å². The number of hydrogen-bond acceptors (Lipinski definition) is 3. The van der Waals surface area contributed by atoms with E-state index in [2.05, 4.69) is 35.4 Å². The van der Waals surface area contributed by atoms with E-state index < -0.39 is 0 Å². The molecule has 3 rings (SSSR count). The van der Waals surface area contributed by atoms with Crippen LogP contribution in [0.2, 0.25) is 0 Å². The Morgan fingerprint density at radius 3 is 3.17 bits per heavy atom. The van der Waals surface area contributed by atoms with E-state index in [1.807, 2.05) is 12.3 Å². The van der Waals surface area contributed by atoms with Gasteiger partial charge in [-0.05, 0) is 37.1 Å². The zero-order valence-electron chi connectivity index (χ0n) is 10.6. The molecule has 3 heteroatoms. The van der Waals surface area contributed by atoms with E-state index in [9.17, 15) is 0 Å². The number of aryl methyl sites for hydroxylation is 1. The molecule has 0 spiro atoms. The summed E-state index contributed by atoms with van der Waals surface area (Å²) in [6, 6.07) is 8.40. The van der Waals surface area contributed by atoms with Crippen LogP contribution in [-0.2, 0) is 4.74 Å². The van der Waals surface area contributed by atoms with Crippen molar-refractivity contribution < 1.29 is 4.74 Å². The first-order valence-corrected chi connectivity index (χ1v) is 6.50. The molecule has 1 fully saturated rings. The topological polar surface area (TPSA) is 34.1 Å². The molecule has 2 aromatic rings. The summed E-state index contributed by atoms with van der Waals surface area (Å²) in [7, 11) is 0. The second kappa shape index (κ2) is 4.94. The van der Waals surface area contributed by atoms with E-state index in [1.165, 1.54) is 16.6 Å². The minimum Gasteiger partial charge on any atom is -0.384 e. The van der Waals surface area contributed by atoms with E-state index in [0.717, 1.165) is 31.7 Å². The van der Waals surface area contributed by atoms with Crippen LogP contribution in [0.3, 0.4) is 0 Å². The molecular formula is C15H18N2O. The Hall–Kier alpha value is -1.61. The molecule has 18 heavy (non-hydrogen) atoms. The molecule has 0 radical (unpaired) electrons. The average Bonchev–Trinajstić information content (AvgIpc) is 2.92. The fourth-order valence-corrected chi connectivity index (χ4v) is 2.47. The monoisotopic (exact) mass is 242 g/mol. The zero-order chi connectivity index (χ0) is 12.4. The summed E-state index contributed by atoms with van der Waals surface area (Å²) >= 11 is 0. The van der Waals surface area contributed by atoms with Gasteiger partial charge in [0.2, 0.25) is 0 Å². The molecule has 0 bridgehead atoms. The lowest BCUT2D eigenvalue weighted by Crippen LogP contribution is -2.14. The minimum absolute atomic E-state index is 0.637. The molecular weight excluding hydrogens is 224 g/mol. The molecule has 1 atom stereocenters. The summed E-state index contributed by atoms with van der Waals surface area (Å²) in [5.41, 5.74) is 3.49. The highest BCUT2D eigenvalue weighted by atomic mass is 16.5. The number of fused-ring (bicyclic) bond motifs is 1. The van der Waals surface area contributed by atoms with E-state index in [1.54, 1.807) is 0 Å². The number of nitrogens with one attached hydrogen (secondary N) is 1. The van der Waals surface area contributed by atoms with Crippen LogP contribution in [0.25, 0.3) is 10.9 Å². The Labute approximate surface area is 107 Å². The summed E-state index contributed by atoms with van der Waals surface area (Å²) in [6.45, 7) is 4.87. The van der Waals surface area contributed by atoms with E-state index in [4.69, 9.17) is 4.74 Å². The predicted molar refractivity (Wildman–Crippen MR) is 73.9 cm³/mol. The molecule has 2 heterocycles. The van der Waals surface area contributed by atoms with Crippen molar-refractivity contribution in [3.63, 3.8) is 0 Å². The second-order valence-corrected chi connectivity index (χ2v) is 4.94. The van der Waals surface area contributed by atoms with Crippen molar-refractivity contribution in [2.24, 2.45) is 5.92 Å². The van der Waals surface area contributed by atoms with Crippen molar-refractivity contribution in [3.8, 4) is 0 Å². The first-order chi connectivity index (χ1) is 8.84. The highest BCUT2D eigenvalue weighted by Gasteiger charge is 2.15. The molecule has 1 saturated heterocycles. The molecule has 94 valence electrons. The highest BCUT2D eigenvalue weighted by molar-refractivity contribution is 5.93. The summed E-state index contributed by atoms with van der Waals surface area (Å²) in [5, 5.41) is 4.74. The summed E-state index contributed by atoms with van der Waals surface area (Å²) in [5.74, 6) is 0.637. The maximum atomic E-state index is 5.40. The SMILES string of the molecule is Cc1ccc(NCC2CCOC2)c2cccnc12. The zero-order valence-corrected chi connectivity index (χ0v) is 10.6. The van der Waals surface area contributed by atoms with Crippen molar-refractivity contribution in [2.45, 2.75) is 13.3 Å². The second-order valence-electron chi connectivity index (χ2n) is 4.94. The number of anilines is 1. The van der Waals surface area contributed by atoms with Crippen LogP contribution in [0.4, 0.5) is 5.69 Å². The van der Waals surface area contributed by atoms with E-state index >= 15 is 0 Å². The lowest BCUT2D eigenvalue weighted by atomic mass is 10.1. The maximum Gasteiger partial charge on any atom is 0.0751 e. The van der Waals surface area contributed by atoms with Crippen molar-refractivity contribution in [1.29, 1.82) is 0 Å². The fraction of sp³-hybridized carbons (Fsp3) is 0.400. The smallest absolute Gasteiger partial charge is 0.0751 e. The Morgan fingerprint density at radius 2 is 2.33 bits per heavy atom. The van der Waals surface area contributed by atoms with Gasteiger partial charge in [-0.2, -0.15) is 0 Å². The summed E-state index contributed by atoms with van der Waals surface area (Å²) in [4.78, 5) is 4.46. The van der Waals surface area contributed by atoms with Gasteiger partial charge in [-0.25, -0.2) is 0 Å². The standard InChI is InChI=1S/C15H18N2O/c1-11-4-5-14(13-3-2-7-16-15(11)13)17-9-12-6-8-18-10-12/h2-5,7,12,17H,6,8-10H2,1H3. The molecule has 1 aromatic carbocycles. The predicted octanol–water partition coefficient (Wildman–Crippen LogP) is 2.99. The molecule has 1 unspecified atom stereocenters. The van der Waals surface area contributed by atoms with Crippen molar-refractivity contribution in [3.05, 3.63) is 36.0 Å². The molecule has 1 aliphatic heterocycles. The van der Waals surface area contributed by atoms with E-state index in [-0.39, 0.29) is 0 Å². The third-order valence-corrected chi connectivity index (χ3v) is 3.58.